The lowest BCUT2D eigenvalue weighted by molar-refractivity contribution is -0.119. The topological polar surface area (TPSA) is 51.2 Å². The van der Waals surface area contributed by atoms with E-state index < -0.39 is 9.84 Å². The van der Waals surface area contributed by atoms with E-state index in [2.05, 4.69) is 0 Å². The van der Waals surface area contributed by atoms with Crippen molar-refractivity contribution in [3.05, 3.63) is 0 Å². The summed E-state index contributed by atoms with van der Waals surface area (Å²) in [5, 5.41) is 0. The third kappa shape index (κ3) is 1.30. The molecule has 0 aliphatic carbocycles. The summed E-state index contributed by atoms with van der Waals surface area (Å²) in [4.78, 5) is 10.4. The van der Waals surface area contributed by atoms with Gasteiger partial charge in [-0.3, -0.25) is 4.79 Å². The number of sulfone groups is 1. The van der Waals surface area contributed by atoms with Crippen LogP contribution in [0.3, 0.4) is 0 Å². The third-order valence-electron chi connectivity index (χ3n) is 1.49. The zero-order valence-corrected chi connectivity index (χ0v) is 5.94. The van der Waals surface area contributed by atoms with E-state index in [4.69, 9.17) is 0 Å². The average Bonchev–Trinajstić information content (AvgIpc) is 1.59. The Bertz CT molecular complexity index is 215. The molecule has 0 unspecified atom stereocenters. The highest BCUT2D eigenvalue weighted by Gasteiger charge is 2.36. The maximum absolute atomic E-state index is 10.4. The molecular formula is C5H8O3S. The van der Waals surface area contributed by atoms with Crippen molar-refractivity contribution in [1.29, 1.82) is 0 Å². The molecule has 1 aliphatic rings. The molecule has 0 aromatic carbocycles. The average molecular weight is 148 g/mol. The number of Topliss-reactive ketones (excluding diaryl/α,β-unsaturated/α-hetero) is 1. The van der Waals surface area contributed by atoms with E-state index in [0.29, 0.717) is 0 Å². The molecule has 1 saturated heterocycles. The van der Waals surface area contributed by atoms with E-state index in [1.165, 1.54) is 6.92 Å². The lowest BCUT2D eigenvalue weighted by Crippen LogP contribution is -2.40. The first-order valence-electron chi connectivity index (χ1n) is 2.72. The minimum atomic E-state index is -2.80. The molecule has 0 radical (unpaired) electrons. The molecule has 0 aromatic rings. The van der Waals surface area contributed by atoms with Gasteiger partial charge >= 0.3 is 0 Å². The van der Waals surface area contributed by atoms with Crippen molar-refractivity contribution in [1.82, 2.24) is 0 Å². The van der Waals surface area contributed by atoms with Crippen LogP contribution in [0.5, 0.6) is 0 Å². The van der Waals surface area contributed by atoms with Crippen LogP contribution in [0.15, 0.2) is 0 Å². The summed E-state index contributed by atoms with van der Waals surface area (Å²) in [5.74, 6) is -0.0650. The summed E-state index contributed by atoms with van der Waals surface area (Å²) in [6.07, 6.45) is 0. The van der Waals surface area contributed by atoms with Crippen LogP contribution < -0.4 is 0 Å². The molecule has 0 atom stereocenters. The SMILES string of the molecule is CC(=O)C1CS(=O)(=O)C1. The van der Waals surface area contributed by atoms with Crippen molar-refractivity contribution in [2.24, 2.45) is 5.92 Å². The second-order valence-electron chi connectivity index (χ2n) is 2.38. The van der Waals surface area contributed by atoms with E-state index in [-0.39, 0.29) is 23.2 Å². The molecule has 9 heavy (non-hydrogen) atoms. The summed E-state index contributed by atoms with van der Waals surface area (Å²) in [6, 6.07) is 0. The molecule has 0 saturated carbocycles. The maximum atomic E-state index is 10.4. The molecule has 0 bridgehead atoms. The van der Waals surface area contributed by atoms with E-state index in [0.717, 1.165) is 0 Å². The van der Waals surface area contributed by atoms with E-state index >= 15 is 0 Å². The molecule has 0 aromatic heterocycles. The molecule has 0 amide bonds. The minimum absolute atomic E-state index is 0.00942. The molecule has 3 nitrogen and oxygen atoms in total. The van der Waals surface area contributed by atoms with Gasteiger partial charge < -0.3 is 0 Å². The van der Waals surface area contributed by atoms with Gasteiger partial charge in [-0.1, -0.05) is 0 Å². The summed E-state index contributed by atoms with van der Waals surface area (Å²) < 4.78 is 20.9. The quantitative estimate of drug-likeness (QED) is 0.509. The number of carbonyl (C=O) groups is 1. The normalized spacial score (nSPS) is 25.0. The zero-order chi connectivity index (χ0) is 7.07. The van der Waals surface area contributed by atoms with E-state index in [9.17, 15) is 13.2 Å². The Labute approximate surface area is 54.0 Å². The van der Waals surface area contributed by atoms with Crippen LogP contribution in [-0.4, -0.2) is 25.7 Å². The van der Waals surface area contributed by atoms with Gasteiger partial charge in [0.05, 0.1) is 11.5 Å². The van der Waals surface area contributed by atoms with Crippen molar-refractivity contribution < 1.29 is 13.2 Å². The summed E-state index contributed by atoms with van der Waals surface area (Å²) in [6.45, 7) is 1.43. The Hall–Kier alpha value is -0.380. The minimum Gasteiger partial charge on any atom is -0.300 e. The maximum Gasteiger partial charge on any atom is 0.151 e. The van der Waals surface area contributed by atoms with E-state index in [1.54, 1.807) is 0 Å². The molecule has 4 heteroatoms. The summed E-state index contributed by atoms with van der Waals surface area (Å²) in [7, 11) is -2.80. The Balaban J connectivity index is 2.55. The lowest BCUT2D eigenvalue weighted by Gasteiger charge is -2.22. The van der Waals surface area contributed by atoms with Gasteiger partial charge in [0.25, 0.3) is 0 Å². The fourth-order valence-electron chi connectivity index (χ4n) is 0.799. The molecule has 0 N–H and O–H groups in total. The van der Waals surface area contributed by atoms with Crippen molar-refractivity contribution >= 4 is 15.6 Å². The Morgan fingerprint density at radius 1 is 1.44 bits per heavy atom. The van der Waals surface area contributed by atoms with Crippen LogP contribution in [0.1, 0.15) is 6.92 Å². The Morgan fingerprint density at radius 3 is 2.00 bits per heavy atom. The second kappa shape index (κ2) is 1.80. The number of carbonyl (C=O) groups excluding carboxylic acids is 1. The van der Waals surface area contributed by atoms with Crippen LogP contribution in [0.4, 0.5) is 0 Å². The Kier molecular flexibility index (Phi) is 1.35. The van der Waals surface area contributed by atoms with Crippen molar-refractivity contribution in [3.8, 4) is 0 Å². The first-order valence-corrected chi connectivity index (χ1v) is 4.54. The zero-order valence-electron chi connectivity index (χ0n) is 5.12. The number of ketones is 1. The molecule has 1 fully saturated rings. The molecule has 0 spiro atoms. The van der Waals surface area contributed by atoms with Crippen molar-refractivity contribution in [3.63, 3.8) is 0 Å². The molecule has 52 valence electrons. The highest BCUT2D eigenvalue weighted by Crippen LogP contribution is 2.18. The van der Waals surface area contributed by atoms with E-state index in [1.807, 2.05) is 0 Å². The van der Waals surface area contributed by atoms with Crippen molar-refractivity contribution in [2.75, 3.05) is 11.5 Å². The van der Waals surface area contributed by atoms with Gasteiger partial charge in [-0.25, -0.2) is 8.42 Å². The van der Waals surface area contributed by atoms with Gasteiger partial charge in [0.2, 0.25) is 0 Å². The number of hydrogen-bond donors (Lipinski definition) is 0. The summed E-state index contributed by atoms with van der Waals surface area (Å²) >= 11 is 0. The number of rotatable bonds is 1. The van der Waals surface area contributed by atoms with Gasteiger partial charge in [-0.15, -0.1) is 0 Å². The fourth-order valence-corrected chi connectivity index (χ4v) is 2.40. The molecule has 1 rings (SSSR count). The molecule has 1 aliphatic heterocycles. The Morgan fingerprint density at radius 2 is 1.89 bits per heavy atom. The van der Waals surface area contributed by atoms with Crippen molar-refractivity contribution in [2.45, 2.75) is 6.92 Å². The number of hydrogen-bond acceptors (Lipinski definition) is 3. The van der Waals surface area contributed by atoms with Gasteiger partial charge in [0.15, 0.2) is 9.84 Å². The first-order chi connectivity index (χ1) is 4.01. The van der Waals surface area contributed by atoms with Gasteiger partial charge in [-0.05, 0) is 6.92 Å². The lowest BCUT2D eigenvalue weighted by atomic mass is 10.1. The molecule has 1 heterocycles. The van der Waals surface area contributed by atoms with Crippen LogP contribution in [0.25, 0.3) is 0 Å². The summed E-state index contributed by atoms with van der Waals surface area (Å²) in [5.41, 5.74) is 0. The third-order valence-corrected chi connectivity index (χ3v) is 3.31. The monoisotopic (exact) mass is 148 g/mol. The van der Waals surface area contributed by atoms with Crippen LogP contribution in [0, 0.1) is 5.92 Å². The van der Waals surface area contributed by atoms with Crippen LogP contribution in [-0.2, 0) is 14.6 Å². The largest absolute Gasteiger partial charge is 0.300 e. The predicted molar refractivity (Wildman–Crippen MR) is 32.8 cm³/mol. The predicted octanol–water partition coefficient (Wildman–Crippen LogP) is -0.380. The van der Waals surface area contributed by atoms with Crippen LogP contribution in [0.2, 0.25) is 0 Å². The second-order valence-corrected chi connectivity index (χ2v) is 4.54. The molecular weight excluding hydrogens is 140 g/mol. The van der Waals surface area contributed by atoms with Gasteiger partial charge in [-0.2, -0.15) is 0 Å². The van der Waals surface area contributed by atoms with Gasteiger partial charge in [0.1, 0.15) is 5.78 Å². The highest BCUT2D eigenvalue weighted by molar-refractivity contribution is 7.92. The fraction of sp³-hybridized carbons (Fsp3) is 0.800. The van der Waals surface area contributed by atoms with Crippen LogP contribution >= 0.6 is 0 Å². The first kappa shape index (κ1) is 6.74. The highest BCUT2D eigenvalue weighted by atomic mass is 32.2. The standard InChI is InChI=1S/C5H8O3S/c1-4(6)5-2-9(7,8)3-5/h5H,2-3H2,1H3. The smallest absolute Gasteiger partial charge is 0.151 e. The van der Waals surface area contributed by atoms with Gasteiger partial charge in [0, 0.05) is 5.92 Å².